The van der Waals surface area contributed by atoms with Gasteiger partial charge in [-0.25, -0.2) is 0 Å². The van der Waals surface area contributed by atoms with Gasteiger partial charge in [0.1, 0.15) is 17.6 Å². The van der Waals surface area contributed by atoms with Crippen LogP contribution in [0.15, 0.2) is 60.7 Å². The number of hydrogen-bond donors (Lipinski definition) is 5. The molecule has 11 nitrogen and oxygen atoms in total. The van der Waals surface area contributed by atoms with E-state index in [1.165, 1.54) is 20.8 Å². The average molecular weight is 580 g/mol. The monoisotopic (exact) mass is 579 g/mol. The fourth-order valence-electron chi connectivity index (χ4n) is 4.05. The van der Waals surface area contributed by atoms with E-state index in [0.29, 0.717) is 0 Å². The minimum atomic E-state index is -1.37. The Balaban J connectivity index is 2.11. The van der Waals surface area contributed by atoms with Gasteiger partial charge in [0.15, 0.2) is 0 Å². The number of amides is 5. The summed E-state index contributed by atoms with van der Waals surface area (Å²) in [6.07, 6.45) is 0.405. The van der Waals surface area contributed by atoms with Crippen LogP contribution in [0.2, 0.25) is 0 Å². The molecule has 0 spiro atoms. The third-order valence-electron chi connectivity index (χ3n) is 6.50. The van der Waals surface area contributed by atoms with Crippen LogP contribution in [0.25, 0.3) is 0 Å². The molecule has 0 radical (unpaired) electrons. The van der Waals surface area contributed by atoms with E-state index in [-0.39, 0.29) is 31.1 Å². The van der Waals surface area contributed by atoms with Gasteiger partial charge in [0, 0.05) is 6.42 Å². The minimum absolute atomic E-state index is 0.0387. The van der Waals surface area contributed by atoms with Crippen LogP contribution < -0.4 is 27.0 Å². The van der Waals surface area contributed by atoms with E-state index in [9.17, 15) is 28.8 Å². The Labute approximate surface area is 246 Å². The molecular weight excluding hydrogens is 538 g/mol. The molecule has 0 aliphatic carbocycles. The lowest BCUT2D eigenvalue weighted by Gasteiger charge is -2.27. The molecule has 0 saturated heterocycles. The summed E-state index contributed by atoms with van der Waals surface area (Å²) >= 11 is 0. The Hall–Kier alpha value is -4.54. The first-order valence-electron chi connectivity index (χ1n) is 13.8. The van der Waals surface area contributed by atoms with Gasteiger partial charge in [-0.1, -0.05) is 74.5 Å². The summed E-state index contributed by atoms with van der Waals surface area (Å²) < 4.78 is 0. The van der Waals surface area contributed by atoms with Gasteiger partial charge in [-0.3, -0.25) is 28.8 Å². The number of Topliss-reactive ketones (excluding diaryl/α,β-unsaturated/α-hetero) is 1. The van der Waals surface area contributed by atoms with Crippen LogP contribution in [-0.2, 0) is 41.6 Å². The number of carbonyl (C=O) groups is 6. The largest absolute Gasteiger partial charge is 0.368 e. The Morgan fingerprint density at radius 3 is 1.81 bits per heavy atom. The molecule has 0 aromatic heterocycles. The normalized spacial score (nSPS) is 13.3. The predicted molar refractivity (Wildman–Crippen MR) is 158 cm³/mol. The van der Waals surface area contributed by atoms with Gasteiger partial charge in [-0.05, 0) is 44.2 Å². The van der Waals surface area contributed by atoms with Crippen molar-refractivity contribution in [3.63, 3.8) is 0 Å². The lowest BCUT2D eigenvalue weighted by molar-refractivity contribution is -0.142. The number of nitrogens with two attached hydrogens (primary N) is 1. The fourth-order valence-corrected chi connectivity index (χ4v) is 4.05. The molecule has 42 heavy (non-hydrogen) atoms. The van der Waals surface area contributed by atoms with Crippen LogP contribution in [0.5, 0.6) is 0 Å². The summed E-state index contributed by atoms with van der Waals surface area (Å²) in [6.45, 7) is 7.85. The highest BCUT2D eigenvalue weighted by molar-refractivity contribution is 6.38. The molecule has 2 aromatic rings. The lowest BCUT2D eigenvalue weighted by atomic mass is 9.99. The molecule has 0 heterocycles. The molecule has 0 saturated carbocycles. The highest BCUT2D eigenvalue weighted by Gasteiger charge is 2.34. The average Bonchev–Trinajstić information content (AvgIpc) is 2.92. The van der Waals surface area contributed by atoms with Gasteiger partial charge >= 0.3 is 0 Å². The standard InChI is InChI=1S/C31H41N5O6/c1-19(2)16-23(28(40)36-31(4,5)30(32)42)35-29(41)26(38)20(3)33-27(39)24(17-21-12-8-6-9-13-21)34-25(37)18-22-14-10-7-11-15-22/h6-15,19-20,23-24H,16-18H2,1-5H3,(H2,32,42)(H,33,39)(H,34,37)(H,35,41)(H,36,40). The maximum absolute atomic E-state index is 13.3. The van der Waals surface area contributed by atoms with Crippen LogP contribution in [0.4, 0.5) is 0 Å². The number of primary amides is 1. The van der Waals surface area contributed by atoms with E-state index in [4.69, 9.17) is 5.73 Å². The summed E-state index contributed by atoms with van der Waals surface area (Å²) in [4.78, 5) is 76.3. The van der Waals surface area contributed by atoms with E-state index in [1.54, 1.807) is 24.3 Å². The zero-order valence-electron chi connectivity index (χ0n) is 24.7. The smallest absolute Gasteiger partial charge is 0.290 e. The van der Waals surface area contributed by atoms with E-state index in [1.807, 2.05) is 50.2 Å². The van der Waals surface area contributed by atoms with E-state index < -0.39 is 53.1 Å². The van der Waals surface area contributed by atoms with E-state index in [2.05, 4.69) is 21.3 Å². The fraction of sp³-hybridized carbons (Fsp3) is 0.419. The molecule has 226 valence electrons. The van der Waals surface area contributed by atoms with Gasteiger partial charge in [0.25, 0.3) is 5.91 Å². The minimum Gasteiger partial charge on any atom is -0.368 e. The second-order valence-electron chi connectivity index (χ2n) is 11.2. The quantitative estimate of drug-likeness (QED) is 0.196. The van der Waals surface area contributed by atoms with Crippen LogP contribution >= 0.6 is 0 Å². The Morgan fingerprint density at radius 2 is 1.29 bits per heavy atom. The van der Waals surface area contributed by atoms with Crippen molar-refractivity contribution >= 4 is 35.3 Å². The number of benzene rings is 2. The van der Waals surface area contributed by atoms with Gasteiger partial charge in [-0.15, -0.1) is 0 Å². The molecule has 0 bridgehead atoms. The first kappa shape index (κ1) is 33.7. The van der Waals surface area contributed by atoms with Crippen LogP contribution in [0.1, 0.15) is 52.2 Å². The number of ketones is 1. The first-order chi connectivity index (χ1) is 19.7. The maximum atomic E-state index is 13.3. The molecule has 3 unspecified atom stereocenters. The SMILES string of the molecule is CC(C)CC(NC(=O)C(=O)C(C)NC(=O)C(Cc1ccccc1)NC(=O)Cc1ccccc1)C(=O)NC(C)(C)C(N)=O. The zero-order valence-corrected chi connectivity index (χ0v) is 24.7. The summed E-state index contributed by atoms with van der Waals surface area (Å²) in [5, 5.41) is 10.2. The summed E-state index contributed by atoms with van der Waals surface area (Å²) in [6, 6.07) is 14.7. The molecule has 2 rings (SSSR count). The third kappa shape index (κ3) is 10.8. The second-order valence-corrected chi connectivity index (χ2v) is 11.2. The van der Waals surface area contributed by atoms with Crippen molar-refractivity contribution in [1.82, 2.24) is 21.3 Å². The highest BCUT2D eigenvalue weighted by atomic mass is 16.2. The Bertz CT molecular complexity index is 1260. The van der Waals surface area contributed by atoms with Crippen molar-refractivity contribution in [2.24, 2.45) is 11.7 Å². The highest BCUT2D eigenvalue weighted by Crippen LogP contribution is 2.09. The van der Waals surface area contributed by atoms with Crippen molar-refractivity contribution in [1.29, 1.82) is 0 Å². The lowest BCUT2D eigenvalue weighted by Crippen LogP contribution is -2.60. The van der Waals surface area contributed by atoms with Crippen LogP contribution in [-0.4, -0.2) is 59.0 Å². The molecule has 0 aliphatic rings. The number of nitrogens with one attached hydrogen (secondary N) is 4. The van der Waals surface area contributed by atoms with Crippen molar-refractivity contribution in [2.75, 3.05) is 0 Å². The van der Waals surface area contributed by atoms with Gasteiger partial charge in [0.05, 0.1) is 12.5 Å². The molecule has 0 fully saturated rings. The van der Waals surface area contributed by atoms with Crippen molar-refractivity contribution < 1.29 is 28.8 Å². The zero-order chi connectivity index (χ0) is 31.4. The van der Waals surface area contributed by atoms with Crippen molar-refractivity contribution in [3.05, 3.63) is 71.8 Å². The first-order valence-corrected chi connectivity index (χ1v) is 13.8. The summed E-state index contributed by atoms with van der Waals surface area (Å²) in [5.41, 5.74) is 5.52. The van der Waals surface area contributed by atoms with Crippen LogP contribution in [0, 0.1) is 5.92 Å². The van der Waals surface area contributed by atoms with Gasteiger partial charge in [0.2, 0.25) is 29.4 Å². The van der Waals surface area contributed by atoms with Gasteiger partial charge < -0.3 is 27.0 Å². The number of carbonyl (C=O) groups excluding carboxylic acids is 6. The third-order valence-corrected chi connectivity index (χ3v) is 6.50. The molecule has 2 aromatic carbocycles. The number of rotatable bonds is 15. The molecule has 0 aliphatic heterocycles. The van der Waals surface area contributed by atoms with E-state index in [0.717, 1.165) is 11.1 Å². The maximum Gasteiger partial charge on any atom is 0.290 e. The summed E-state index contributed by atoms with van der Waals surface area (Å²) in [7, 11) is 0. The number of hydrogen-bond acceptors (Lipinski definition) is 6. The topological polar surface area (TPSA) is 177 Å². The van der Waals surface area contributed by atoms with E-state index >= 15 is 0 Å². The van der Waals surface area contributed by atoms with Crippen molar-refractivity contribution in [3.8, 4) is 0 Å². The molecular formula is C31H41N5O6. The van der Waals surface area contributed by atoms with Crippen molar-refractivity contribution in [2.45, 2.75) is 77.5 Å². The molecule has 6 N–H and O–H groups in total. The second kappa shape index (κ2) is 15.5. The summed E-state index contributed by atoms with van der Waals surface area (Å²) in [5.74, 6) is -4.55. The molecule has 11 heteroatoms. The molecule has 5 amide bonds. The molecule has 3 atom stereocenters. The van der Waals surface area contributed by atoms with Gasteiger partial charge in [-0.2, -0.15) is 0 Å². The Morgan fingerprint density at radius 1 is 0.738 bits per heavy atom. The van der Waals surface area contributed by atoms with Crippen LogP contribution in [0.3, 0.4) is 0 Å². The Kier molecular flexibility index (Phi) is 12.4. The predicted octanol–water partition coefficient (Wildman–Crippen LogP) is 0.941.